The van der Waals surface area contributed by atoms with Gasteiger partial charge in [0.2, 0.25) is 5.91 Å². The highest BCUT2D eigenvalue weighted by Gasteiger charge is 2.22. The van der Waals surface area contributed by atoms with Gasteiger partial charge in [-0.05, 0) is 79.7 Å². The maximum Gasteiger partial charge on any atom is 0.343 e. The maximum atomic E-state index is 12.8. The highest BCUT2D eigenvalue weighted by atomic mass is 16.6. The number of carboxylic acids is 1. The molecule has 0 saturated heterocycles. The molecular formula is C35H43N3O8. The number of carbonyl (C=O) groups excluding carboxylic acids is 3. The number of hydrogen-bond acceptors (Lipinski definition) is 8. The second-order valence-corrected chi connectivity index (χ2v) is 10.7. The maximum absolute atomic E-state index is 12.8. The van der Waals surface area contributed by atoms with E-state index in [0.717, 1.165) is 12.8 Å². The van der Waals surface area contributed by atoms with Gasteiger partial charge in [0, 0.05) is 30.6 Å². The number of ether oxygens (including phenoxy) is 3. The molecule has 246 valence electrons. The number of carbonyl (C=O) groups is 4. The van der Waals surface area contributed by atoms with Gasteiger partial charge in [-0.1, -0.05) is 38.7 Å². The molecule has 0 radical (unpaired) electrons. The fraction of sp³-hybridized carbons (Fsp3) is 0.371. The Kier molecular flexibility index (Phi) is 14.5. The predicted octanol–water partition coefficient (Wildman–Crippen LogP) is 5.24. The van der Waals surface area contributed by atoms with Gasteiger partial charge in [-0.15, -0.1) is 0 Å². The summed E-state index contributed by atoms with van der Waals surface area (Å²) in [5.74, 6) is -1.49. The van der Waals surface area contributed by atoms with E-state index in [2.05, 4.69) is 22.9 Å². The number of methoxy groups -OCH3 is 1. The van der Waals surface area contributed by atoms with Gasteiger partial charge in [0.05, 0.1) is 19.3 Å². The van der Waals surface area contributed by atoms with Crippen LogP contribution >= 0.6 is 0 Å². The molecule has 1 unspecified atom stereocenters. The van der Waals surface area contributed by atoms with E-state index in [-0.39, 0.29) is 29.4 Å². The first-order chi connectivity index (χ1) is 22.2. The first-order valence-electron chi connectivity index (χ1n) is 15.4. The molecule has 0 bridgehead atoms. The van der Waals surface area contributed by atoms with Crippen molar-refractivity contribution in [1.82, 2.24) is 10.6 Å². The fourth-order valence-electron chi connectivity index (χ4n) is 4.51. The van der Waals surface area contributed by atoms with Crippen LogP contribution in [0.1, 0.15) is 71.7 Å². The number of carboxylic acid groups (broad SMARTS) is 1. The molecular weight excluding hydrogens is 590 g/mol. The Labute approximate surface area is 269 Å². The van der Waals surface area contributed by atoms with Crippen molar-refractivity contribution in [2.45, 2.75) is 57.9 Å². The van der Waals surface area contributed by atoms with Crippen LogP contribution in [0.5, 0.6) is 17.2 Å². The first kappa shape index (κ1) is 35.6. The van der Waals surface area contributed by atoms with Crippen molar-refractivity contribution in [3.63, 3.8) is 0 Å². The normalized spacial score (nSPS) is 11.3. The summed E-state index contributed by atoms with van der Waals surface area (Å²) in [5.41, 5.74) is 1.63. The van der Waals surface area contributed by atoms with Crippen molar-refractivity contribution in [3.05, 3.63) is 83.4 Å². The van der Waals surface area contributed by atoms with Crippen molar-refractivity contribution >= 4 is 29.4 Å². The number of unbranched alkanes of at least 4 members (excludes halogenated alkanes) is 4. The van der Waals surface area contributed by atoms with E-state index in [1.54, 1.807) is 55.6 Å². The van der Waals surface area contributed by atoms with Gasteiger partial charge in [-0.2, -0.15) is 0 Å². The van der Waals surface area contributed by atoms with Gasteiger partial charge < -0.3 is 35.3 Å². The molecule has 3 aromatic rings. The van der Waals surface area contributed by atoms with E-state index in [4.69, 9.17) is 14.2 Å². The zero-order valence-corrected chi connectivity index (χ0v) is 26.6. The van der Waals surface area contributed by atoms with Gasteiger partial charge in [0.25, 0.3) is 5.91 Å². The molecule has 1 atom stereocenters. The van der Waals surface area contributed by atoms with E-state index in [1.165, 1.54) is 44.6 Å². The SMILES string of the molecule is CCCCCCCOc1ccc(C(=O)Oc2ccc(CC(NC(=O)c3ccc(NC(=O)CCNC)cc3)C(=O)O)cc2OC)cc1. The molecule has 11 nitrogen and oxygen atoms in total. The lowest BCUT2D eigenvalue weighted by Crippen LogP contribution is -2.42. The molecule has 2 amide bonds. The van der Waals surface area contributed by atoms with Crippen LogP contribution < -0.4 is 30.2 Å². The summed E-state index contributed by atoms with van der Waals surface area (Å²) in [6, 6.07) is 16.3. The van der Waals surface area contributed by atoms with E-state index in [9.17, 15) is 24.3 Å². The van der Waals surface area contributed by atoms with Crippen molar-refractivity contribution in [2.75, 3.05) is 32.6 Å². The highest BCUT2D eigenvalue weighted by Crippen LogP contribution is 2.29. The number of nitrogens with one attached hydrogen (secondary N) is 3. The topological polar surface area (TPSA) is 152 Å². The Morgan fingerprint density at radius 1 is 0.848 bits per heavy atom. The fourth-order valence-corrected chi connectivity index (χ4v) is 4.51. The molecule has 0 aliphatic rings. The number of rotatable bonds is 19. The molecule has 11 heteroatoms. The van der Waals surface area contributed by atoms with Gasteiger partial charge in [-0.3, -0.25) is 9.59 Å². The molecule has 3 rings (SSSR count). The van der Waals surface area contributed by atoms with Crippen LogP contribution in [0, 0.1) is 0 Å². The number of aliphatic carboxylic acids is 1. The monoisotopic (exact) mass is 633 g/mol. The minimum absolute atomic E-state index is 0.0503. The molecule has 0 aliphatic carbocycles. The Morgan fingerprint density at radius 2 is 1.54 bits per heavy atom. The molecule has 0 aromatic heterocycles. The van der Waals surface area contributed by atoms with Crippen LogP contribution in [0.2, 0.25) is 0 Å². The van der Waals surface area contributed by atoms with Crippen molar-refractivity contribution < 1.29 is 38.5 Å². The summed E-state index contributed by atoms with van der Waals surface area (Å²) in [4.78, 5) is 49.5. The van der Waals surface area contributed by atoms with Crippen LogP contribution in [0.4, 0.5) is 5.69 Å². The highest BCUT2D eigenvalue weighted by molar-refractivity contribution is 5.97. The van der Waals surface area contributed by atoms with Crippen molar-refractivity contribution in [3.8, 4) is 17.2 Å². The molecule has 3 aromatic carbocycles. The molecule has 4 N–H and O–H groups in total. The lowest BCUT2D eigenvalue weighted by Gasteiger charge is -2.16. The van der Waals surface area contributed by atoms with Gasteiger partial charge in [0.15, 0.2) is 11.5 Å². The number of hydrogen-bond donors (Lipinski definition) is 4. The Balaban J connectivity index is 1.57. The third-order valence-corrected chi connectivity index (χ3v) is 7.11. The molecule has 0 saturated carbocycles. The lowest BCUT2D eigenvalue weighted by atomic mass is 10.0. The zero-order valence-electron chi connectivity index (χ0n) is 26.6. The minimum Gasteiger partial charge on any atom is -0.494 e. The summed E-state index contributed by atoms with van der Waals surface area (Å²) in [6.07, 6.45) is 5.97. The van der Waals surface area contributed by atoms with E-state index < -0.39 is 23.9 Å². The third-order valence-electron chi connectivity index (χ3n) is 7.11. The summed E-state index contributed by atoms with van der Waals surface area (Å²) in [5, 5.41) is 18.0. The first-order valence-corrected chi connectivity index (χ1v) is 15.4. The van der Waals surface area contributed by atoms with Crippen LogP contribution in [0.25, 0.3) is 0 Å². The Bertz CT molecular complexity index is 1440. The Morgan fingerprint density at radius 3 is 2.20 bits per heavy atom. The van der Waals surface area contributed by atoms with E-state index in [1.807, 2.05) is 0 Å². The van der Waals surface area contributed by atoms with Gasteiger partial charge in [-0.25, -0.2) is 9.59 Å². The summed E-state index contributed by atoms with van der Waals surface area (Å²) >= 11 is 0. The summed E-state index contributed by atoms with van der Waals surface area (Å²) < 4.78 is 16.7. The smallest absolute Gasteiger partial charge is 0.343 e. The standard InChI is InChI=1S/C35H43N3O8/c1-4-5-6-7-8-21-45-28-16-12-26(13-17-28)35(43)46-30-18-9-24(23-31(30)44-3)22-29(34(41)42)38-33(40)25-10-14-27(15-11-25)37-32(39)19-20-36-2/h9-18,23,29,36H,4-8,19-22H2,1-3H3,(H,37,39)(H,38,40)(H,41,42). The minimum atomic E-state index is -1.25. The number of amides is 2. The molecule has 46 heavy (non-hydrogen) atoms. The number of anilines is 1. The number of benzene rings is 3. The molecule has 0 spiro atoms. The molecule has 0 fully saturated rings. The molecule has 0 heterocycles. The number of esters is 1. The quantitative estimate of drug-likeness (QED) is 0.0789. The van der Waals surface area contributed by atoms with Crippen LogP contribution in [0.15, 0.2) is 66.7 Å². The predicted molar refractivity (Wildman–Crippen MR) is 175 cm³/mol. The van der Waals surface area contributed by atoms with E-state index in [0.29, 0.717) is 42.1 Å². The zero-order chi connectivity index (χ0) is 33.3. The second kappa shape index (κ2) is 18.8. The molecule has 0 aliphatic heterocycles. The van der Waals surface area contributed by atoms with Crippen LogP contribution in [-0.4, -0.2) is 62.2 Å². The average molecular weight is 634 g/mol. The van der Waals surface area contributed by atoms with Gasteiger partial charge >= 0.3 is 11.9 Å². The second-order valence-electron chi connectivity index (χ2n) is 10.7. The Hall–Kier alpha value is -4.90. The summed E-state index contributed by atoms with van der Waals surface area (Å²) in [6.45, 7) is 3.33. The van der Waals surface area contributed by atoms with Crippen LogP contribution in [0.3, 0.4) is 0 Å². The van der Waals surface area contributed by atoms with Crippen molar-refractivity contribution in [2.24, 2.45) is 0 Å². The van der Waals surface area contributed by atoms with Crippen molar-refractivity contribution in [1.29, 1.82) is 0 Å². The van der Waals surface area contributed by atoms with E-state index >= 15 is 0 Å². The summed E-state index contributed by atoms with van der Waals surface area (Å²) in [7, 11) is 3.16. The lowest BCUT2D eigenvalue weighted by molar-refractivity contribution is -0.139. The average Bonchev–Trinajstić information content (AvgIpc) is 3.06. The van der Waals surface area contributed by atoms with Crippen LogP contribution in [-0.2, 0) is 16.0 Å². The largest absolute Gasteiger partial charge is 0.494 e. The van der Waals surface area contributed by atoms with Gasteiger partial charge in [0.1, 0.15) is 11.8 Å². The third kappa shape index (κ3) is 11.6.